The Kier molecular flexibility index (Phi) is 4.69. The van der Waals surface area contributed by atoms with Crippen LogP contribution in [0.4, 0.5) is 0 Å². The van der Waals surface area contributed by atoms with Crippen LogP contribution < -0.4 is 16.0 Å². The van der Waals surface area contributed by atoms with E-state index in [1.54, 1.807) is 0 Å². The molecule has 4 heteroatoms. The first kappa shape index (κ1) is 9.46. The molecule has 0 amide bonds. The topological polar surface area (TPSA) is 59.9 Å². The molecule has 1 saturated heterocycles. The number of hydrogen-bond acceptors (Lipinski definition) is 4. The van der Waals surface area contributed by atoms with Crippen LogP contribution >= 0.6 is 0 Å². The predicted molar refractivity (Wildman–Crippen MR) is 47.8 cm³/mol. The Morgan fingerprint density at radius 1 is 1.50 bits per heavy atom. The molecule has 0 spiro atoms. The number of piperazine rings is 1. The fraction of sp³-hybridized carbons (Fsp3) is 0.875. The Balaban J connectivity index is 1.95. The minimum Gasteiger partial charge on any atom is -0.314 e. The molecule has 0 aromatic heterocycles. The van der Waals surface area contributed by atoms with E-state index in [9.17, 15) is 0 Å². The molecule has 0 bridgehead atoms. The van der Waals surface area contributed by atoms with Crippen LogP contribution in [0.2, 0.25) is 0 Å². The van der Waals surface area contributed by atoms with E-state index in [1.807, 2.05) is 0 Å². The van der Waals surface area contributed by atoms with Gasteiger partial charge in [0.1, 0.15) is 0 Å². The Hall–Kier alpha value is -0.630. The Morgan fingerprint density at radius 3 is 3.08 bits per heavy atom. The number of hydrogen-bond donors (Lipinski definition) is 3. The van der Waals surface area contributed by atoms with Gasteiger partial charge >= 0.3 is 0 Å². The first-order chi connectivity index (χ1) is 5.93. The summed E-state index contributed by atoms with van der Waals surface area (Å²) < 4.78 is 0. The second-order valence-corrected chi connectivity index (χ2v) is 2.97. The highest BCUT2D eigenvalue weighted by Crippen LogP contribution is 1.84. The van der Waals surface area contributed by atoms with Gasteiger partial charge in [-0.2, -0.15) is 5.26 Å². The molecule has 3 N–H and O–H groups in total. The average Bonchev–Trinajstić information content (AvgIpc) is 2.14. The molecule has 1 atom stereocenters. The lowest BCUT2D eigenvalue weighted by molar-refractivity contribution is 0.401. The second-order valence-electron chi connectivity index (χ2n) is 2.97. The third-order valence-corrected chi connectivity index (χ3v) is 1.93. The van der Waals surface area contributed by atoms with E-state index in [1.165, 1.54) is 0 Å². The van der Waals surface area contributed by atoms with Crippen LogP contribution in [0.5, 0.6) is 0 Å². The first-order valence-corrected chi connectivity index (χ1v) is 4.45. The van der Waals surface area contributed by atoms with Gasteiger partial charge in [-0.1, -0.05) is 0 Å². The summed E-state index contributed by atoms with van der Waals surface area (Å²) >= 11 is 0. The van der Waals surface area contributed by atoms with Gasteiger partial charge in [-0.3, -0.25) is 0 Å². The monoisotopic (exact) mass is 168 g/mol. The summed E-state index contributed by atoms with van der Waals surface area (Å²) in [5.74, 6) is 0. The smallest absolute Gasteiger partial charge is 0.0635 e. The zero-order valence-corrected chi connectivity index (χ0v) is 7.27. The Bertz CT molecular complexity index is 146. The normalized spacial score (nSPS) is 23.4. The van der Waals surface area contributed by atoms with Gasteiger partial charge in [0, 0.05) is 45.2 Å². The summed E-state index contributed by atoms with van der Waals surface area (Å²) in [4.78, 5) is 0. The fourth-order valence-corrected chi connectivity index (χ4v) is 1.28. The number of nitrogens with zero attached hydrogens (tertiary/aromatic N) is 1. The van der Waals surface area contributed by atoms with Crippen molar-refractivity contribution in [3.63, 3.8) is 0 Å². The molecule has 1 rings (SSSR count). The van der Waals surface area contributed by atoms with Crippen molar-refractivity contribution in [2.24, 2.45) is 0 Å². The molecule has 0 aliphatic carbocycles. The zero-order valence-electron chi connectivity index (χ0n) is 7.27. The minimum atomic E-state index is 0.525. The van der Waals surface area contributed by atoms with Crippen LogP contribution in [-0.4, -0.2) is 38.8 Å². The summed E-state index contributed by atoms with van der Waals surface area (Å²) in [6.07, 6.45) is 0.597. The molecule has 1 aliphatic rings. The lowest BCUT2D eigenvalue weighted by Gasteiger charge is -2.24. The van der Waals surface area contributed by atoms with Gasteiger partial charge in [0.2, 0.25) is 0 Å². The number of nitriles is 1. The highest BCUT2D eigenvalue weighted by molar-refractivity contribution is 4.78. The maximum Gasteiger partial charge on any atom is 0.0635 e. The summed E-state index contributed by atoms with van der Waals surface area (Å²) in [6.45, 7) is 4.89. The van der Waals surface area contributed by atoms with E-state index < -0.39 is 0 Å². The SMILES string of the molecule is N#CCCNCC1CNCCN1. The Morgan fingerprint density at radius 2 is 2.42 bits per heavy atom. The van der Waals surface area contributed by atoms with Gasteiger partial charge in [-0.25, -0.2) is 0 Å². The van der Waals surface area contributed by atoms with Crippen molar-refractivity contribution in [2.45, 2.75) is 12.5 Å². The quantitative estimate of drug-likeness (QED) is 0.474. The molecule has 68 valence electrons. The molecule has 1 unspecified atom stereocenters. The van der Waals surface area contributed by atoms with Gasteiger partial charge in [-0.05, 0) is 0 Å². The molecule has 0 aromatic carbocycles. The van der Waals surface area contributed by atoms with Gasteiger partial charge in [0.05, 0.1) is 6.07 Å². The molecular formula is C8H16N4. The van der Waals surface area contributed by atoms with E-state index in [0.717, 1.165) is 32.7 Å². The molecule has 0 saturated carbocycles. The van der Waals surface area contributed by atoms with Crippen molar-refractivity contribution in [3.05, 3.63) is 0 Å². The standard InChI is InChI=1S/C8H16N4/c9-2-1-3-10-6-8-7-11-4-5-12-8/h8,10-12H,1,3-7H2. The number of nitrogens with one attached hydrogen (secondary N) is 3. The van der Waals surface area contributed by atoms with Gasteiger partial charge in [-0.15, -0.1) is 0 Å². The van der Waals surface area contributed by atoms with Crippen LogP contribution in [0.15, 0.2) is 0 Å². The van der Waals surface area contributed by atoms with E-state index in [0.29, 0.717) is 12.5 Å². The van der Waals surface area contributed by atoms with Crippen LogP contribution in [0.25, 0.3) is 0 Å². The highest BCUT2D eigenvalue weighted by atomic mass is 15.1. The van der Waals surface area contributed by atoms with Crippen molar-refractivity contribution in [3.8, 4) is 6.07 Å². The average molecular weight is 168 g/mol. The van der Waals surface area contributed by atoms with Crippen molar-refractivity contribution < 1.29 is 0 Å². The summed E-state index contributed by atoms with van der Waals surface area (Å²) in [5, 5.41) is 18.2. The molecule has 12 heavy (non-hydrogen) atoms. The summed E-state index contributed by atoms with van der Waals surface area (Å²) in [6, 6.07) is 2.63. The first-order valence-electron chi connectivity index (χ1n) is 4.45. The van der Waals surface area contributed by atoms with Gasteiger partial charge in [0.25, 0.3) is 0 Å². The third kappa shape index (κ3) is 3.67. The van der Waals surface area contributed by atoms with Crippen LogP contribution in [0.1, 0.15) is 6.42 Å². The zero-order chi connectivity index (χ0) is 8.65. The van der Waals surface area contributed by atoms with Crippen LogP contribution in [0, 0.1) is 11.3 Å². The van der Waals surface area contributed by atoms with E-state index >= 15 is 0 Å². The third-order valence-electron chi connectivity index (χ3n) is 1.93. The maximum atomic E-state index is 8.29. The molecule has 0 radical (unpaired) electrons. The van der Waals surface area contributed by atoms with E-state index in [-0.39, 0.29) is 0 Å². The van der Waals surface area contributed by atoms with E-state index in [2.05, 4.69) is 22.0 Å². The minimum absolute atomic E-state index is 0.525. The molecule has 0 aromatic rings. The van der Waals surface area contributed by atoms with Crippen LogP contribution in [0.3, 0.4) is 0 Å². The summed E-state index contributed by atoms with van der Waals surface area (Å²) in [5.41, 5.74) is 0. The molecule has 1 heterocycles. The number of rotatable bonds is 4. The van der Waals surface area contributed by atoms with Gasteiger partial charge in [0.15, 0.2) is 0 Å². The van der Waals surface area contributed by atoms with Gasteiger partial charge < -0.3 is 16.0 Å². The lowest BCUT2D eigenvalue weighted by Crippen LogP contribution is -2.52. The largest absolute Gasteiger partial charge is 0.314 e. The lowest BCUT2D eigenvalue weighted by atomic mass is 10.2. The summed E-state index contributed by atoms with van der Waals surface area (Å²) in [7, 11) is 0. The van der Waals surface area contributed by atoms with Crippen molar-refractivity contribution in [2.75, 3.05) is 32.7 Å². The predicted octanol–water partition coefficient (Wildman–Crippen LogP) is -0.949. The molecule has 1 fully saturated rings. The van der Waals surface area contributed by atoms with Crippen molar-refractivity contribution in [1.82, 2.24) is 16.0 Å². The van der Waals surface area contributed by atoms with Crippen molar-refractivity contribution in [1.29, 1.82) is 5.26 Å². The highest BCUT2D eigenvalue weighted by Gasteiger charge is 2.09. The molecule has 4 nitrogen and oxygen atoms in total. The second kappa shape index (κ2) is 5.95. The maximum absolute atomic E-state index is 8.29. The molecule has 1 aliphatic heterocycles. The Labute approximate surface area is 73.3 Å². The molecular weight excluding hydrogens is 152 g/mol. The van der Waals surface area contributed by atoms with E-state index in [4.69, 9.17) is 5.26 Å². The van der Waals surface area contributed by atoms with Crippen molar-refractivity contribution >= 4 is 0 Å². The fourth-order valence-electron chi connectivity index (χ4n) is 1.28. The van der Waals surface area contributed by atoms with Crippen LogP contribution in [-0.2, 0) is 0 Å².